The zero-order valence-electron chi connectivity index (χ0n) is 11.9. The number of nitrogens with one attached hydrogen (secondary N) is 1. The lowest BCUT2D eigenvalue weighted by molar-refractivity contribution is 0.171. The Labute approximate surface area is 131 Å². The average Bonchev–Trinajstić information content (AvgIpc) is 2.48. The summed E-state index contributed by atoms with van der Waals surface area (Å²) in [6, 6.07) is 3.91. The van der Waals surface area contributed by atoms with Gasteiger partial charge in [0.15, 0.2) is 11.5 Å². The topological polar surface area (TPSA) is 56.3 Å². The Balaban J connectivity index is 1.86. The number of aryl methyl sites for hydroxylation is 1. The van der Waals surface area contributed by atoms with Crippen LogP contribution in [-0.4, -0.2) is 23.2 Å². The Bertz CT molecular complexity index is 663. The SMILES string of the molecule is Cc1nccnc1C(C)Nc1cc2c(cc1Br)OCCO2. The van der Waals surface area contributed by atoms with Crippen molar-refractivity contribution < 1.29 is 9.47 Å². The number of hydrogen-bond acceptors (Lipinski definition) is 5. The van der Waals surface area contributed by atoms with Gasteiger partial charge in [-0.25, -0.2) is 0 Å². The van der Waals surface area contributed by atoms with Gasteiger partial charge in [0, 0.05) is 29.0 Å². The van der Waals surface area contributed by atoms with E-state index in [1.807, 2.05) is 19.1 Å². The van der Waals surface area contributed by atoms with Gasteiger partial charge in [-0.2, -0.15) is 0 Å². The molecule has 1 unspecified atom stereocenters. The largest absolute Gasteiger partial charge is 0.486 e. The Hall–Kier alpha value is -1.82. The molecule has 21 heavy (non-hydrogen) atoms. The Morgan fingerprint density at radius 2 is 1.81 bits per heavy atom. The van der Waals surface area contributed by atoms with Crippen molar-refractivity contribution in [2.45, 2.75) is 19.9 Å². The molecule has 110 valence electrons. The maximum absolute atomic E-state index is 5.62. The van der Waals surface area contributed by atoms with E-state index in [2.05, 4.69) is 38.1 Å². The van der Waals surface area contributed by atoms with E-state index in [0.29, 0.717) is 13.2 Å². The molecule has 5 nitrogen and oxygen atoms in total. The molecule has 1 N–H and O–H groups in total. The molecule has 1 aliphatic heterocycles. The summed E-state index contributed by atoms with van der Waals surface area (Å²) in [7, 11) is 0. The summed E-state index contributed by atoms with van der Waals surface area (Å²) in [6.07, 6.45) is 3.41. The fraction of sp³-hybridized carbons (Fsp3) is 0.333. The second kappa shape index (κ2) is 5.89. The maximum Gasteiger partial charge on any atom is 0.163 e. The van der Waals surface area contributed by atoms with E-state index in [4.69, 9.17) is 9.47 Å². The third kappa shape index (κ3) is 2.95. The van der Waals surface area contributed by atoms with Crippen LogP contribution in [0.1, 0.15) is 24.4 Å². The van der Waals surface area contributed by atoms with Crippen LogP contribution in [0, 0.1) is 6.92 Å². The number of halogens is 1. The summed E-state index contributed by atoms with van der Waals surface area (Å²) in [5.41, 5.74) is 2.79. The molecule has 0 aliphatic carbocycles. The molecule has 0 amide bonds. The van der Waals surface area contributed by atoms with Gasteiger partial charge in [0.25, 0.3) is 0 Å². The zero-order chi connectivity index (χ0) is 14.8. The van der Waals surface area contributed by atoms with Gasteiger partial charge in [-0.15, -0.1) is 0 Å². The van der Waals surface area contributed by atoms with Crippen molar-refractivity contribution in [2.24, 2.45) is 0 Å². The predicted octanol–water partition coefficient (Wildman–Crippen LogP) is 3.49. The highest BCUT2D eigenvalue weighted by Gasteiger charge is 2.17. The normalized spacial score (nSPS) is 14.6. The molecule has 1 aromatic carbocycles. The Morgan fingerprint density at radius 3 is 2.52 bits per heavy atom. The minimum absolute atomic E-state index is 0.0394. The van der Waals surface area contributed by atoms with Crippen molar-refractivity contribution in [3.63, 3.8) is 0 Å². The van der Waals surface area contributed by atoms with Gasteiger partial charge in [0.05, 0.1) is 23.1 Å². The maximum atomic E-state index is 5.62. The van der Waals surface area contributed by atoms with Crippen LogP contribution in [0.4, 0.5) is 5.69 Å². The molecule has 6 heteroatoms. The number of benzene rings is 1. The van der Waals surface area contributed by atoms with E-state index in [9.17, 15) is 0 Å². The summed E-state index contributed by atoms with van der Waals surface area (Å²) >= 11 is 3.56. The van der Waals surface area contributed by atoms with E-state index in [-0.39, 0.29) is 6.04 Å². The summed E-state index contributed by atoms with van der Waals surface area (Å²) < 4.78 is 12.1. The standard InChI is InChI=1S/C15H16BrN3O2/c1-9-15(18-4-3-17-9)10(2)19-12-8-14-13(7-11(12)16)20-5-6-21-14/h3-4,7-8,10,19H,5-6H2,1-2H3. The van der Waals surface area contributed by atoms with Crippen molar-refractivity contribution in [2.75, 3.05) is 18.5 Å². The highest BCUT2D eigenvalue weighted by Crippen LogP contribution is 2.39. The van der Waals surface area contributed by atoms with Crippen LogP contribution >= 0.6 is 15.9 Å². The molecule has 0 saturated heterocycles. The van der Waals surface area contributed by atoms with E-state index in [1.54, 1.807) is 12.4 Å². The van der Waals surface area contributed by atoms with Crippen molar-refractivity contribution in [3.8, 4) is 11.5 Å². The van der Waals surface area contributed by atoms with Gasteiger partial charge in [-0.1, -0.05) is 0 Å². The quantitative estimate of drug-likeness (QED) is 0.918. The van der Waals surface area contributed by atoms with Crippen molar-refractivity contribution in [3.05, 3.63) is 40.4 Å². The van der Waals surface area contributed by atoms with Crippen LogP contribution in [0.25, 0.3) is 0 Å². The van der Waals surface area contributed by atoms with E-state index < -0.39 is 0 Å². The number of fused-ring (bicyclic) bond motifs is 1. The minimum Gasteiger partial charge on any atom is -0.486 e. The minimum atomic E-state index is 0.0394. The fourth-order valence-electron chi connectivity index (χ4n) is 2.32. The zero-order valence-corrected chi connectivity index (χ0v) is 13.5. The molecule has 0 fully saturated rings. The first kappa shape index (κ1) is 14.1. The van der Waals surface area contributed by atoms with Crippen LogP contribution < -0.4 is 14.8 Å². The van der Waals surface area contributed by atoms with Crippen molar-refractivity contribution in [1.82, 2.24) is 9.97 Å². The lowest BCUT2D eigenvalue weighted by Crippen LogP contribution is -2.16. The molecule has 0 bridgehead atoms. The third-order valence-electron chi connectivity index (χ3n) is 3.33. The predicted molar refractivity (Wildman–Crippen MR) is 83.9 cm³/mol. The van der Waals surface area contributed by atoms with Gasteiger partial charge < -0.3 is 14.8 Å². The molecule has 1 aliphatic rings. The smallest absolute Gasteiger partial charge is 0.163 e. The number of ether oxygens (including phenoxy) is 2. The summed E-state index contributed by atoms with van der Waals surface area (Å²) in [5.74, 6) is 1.53. The molecule has 1 atom stereocenters. The monoisotopic (exact) mass is 349 g/mol. The highest BCUT2D eigenvalue weighted by molar-refractivity contribution is 9.10. The van der Waals surface area contributed by atoms with E-state index in [0.717, 1.165) is 33.0 Å². The molecular weight excluding hydrogens is 334 g/mol. The first-order chi connectivity index (χ1) is 10.1. The third-order valence-corrected chi connectivity index (χ3v) is 3.99. The number of nitrogens with zero attached hydrogens (tertiary/aromatic N) is 2. The second-order valence-corrected chi connectivity index (χ2v) is 5.72. The molecule has 0 spiro atoms. The molecule has 2 heterocycles. The van der Waals surface area contributed by atoms with Crippen LogP contribution in [-0.2, 0) is 0 Å². The van der Waals surface area contributed by atoms with E-state index >= 15 is 0 Å². The van der Waals surface area contributed by atoms with E-state index in [1.165, 1.54) is 0 Å². The molecule has 1 aromatic heterocycles. The highest BCUT2D eigenvalue weighted by atomic mass is 79.9. The lowest BCUT2D eigenvalue weighted by atomic mass is 10.1. The van der Waals surface area contributed by atoms with Gasteiger partial charge in [0.2, 0.25) is 0 Å². The van der Waals surface area contributed by atoms with Crippen molar-refractivity contribution >= 4 is 21.6 Å². The summed E-state index contributed by atoms with van der Waals surface area (Å²) in [5, 5.41) is 3.43. The number of hydrogen-bond donors (Lipinski definition) is 1. The Morgan fingerprint density at radius 1 is 1.14 bits per heavy atom. The first-order valence-electron chi connectivity index (χ1n) is 6.78. The van der Waals surface area contributed by atoms with Crippen LogP contribution in [0.15, 0.2) is 29.0 Å². The first-order valence-corrected chi connectivity index (χ1v) is 7.57. The fourth-order valence-corrected chi connectivity index (χ4v) is 2.76. The molecular formula is C15H16BrN3O2. The van der Waals surface area contributed by atoms with Gasteiger partial charge in [-0.05, 0) is 29.8 Å². The van der Waals surface area contributed by atoms with Crippen LogP contribution in [0.2, 0.25) is 0 Å². The molecule has 2 aromatic rings. The molecule has 3 rings (SSSR count). The van der Waals surface area contributed by atoms with Gasteiger partial charge in [0.1, 0.15) is 13.2 Å². The second-order valence-electron chi connectivity index (χ2n) is 4.87. The lowest BCUT2D eigenvalue weighted by Gasteiger charge is -2.22. The average molecular weight is 350 g/mol. The number of aromatic nitrogens is 2. The summed E-state index contributed by atoms with van der Waals surface area (Å²) in [4.78, 5) is 8.67. The van der Waals surface area contributed by atoms with Gasteiger partial charge >= 0.3 is 0 Å². The van der Waals surface area contributed by atoms with Gasteiger partial charge in [-0.3, -0.25) is 9.97 Å². The molecule has 0 radical (unpaired) electrons. The van der Waals surface area contributed by atoms with Crippen molar-refractivity contribution in [1.29, 1.82) is 0 Å². The van der Waals surface area contributed by atoms with Crippen LogP contribution in [0.5, 0.6) is 11.5 Å². The number of anilines is 1. The Kier molecular flexibility index (Phi) is 3.96. The summed E-state index contributed by atoms with van der Waals surface area (Å²) in [6.45, 7) is 5.17. The number of rotatable bonds is 3. The molecule has 0 saturated carbocycles. The van der Waals surface area contributed by atoms with Crippen LogP contribution in [0.3, 0.4) is 0 Å².